The summed E-state index contributed by atoms with van der Waals surface area (Å²) >= 11 is 0. The first-order valence-electron chi connectivity index (χ1n) is 8.69. The Morgan fingerprint density at radius 1 is 1.23 bits per heavy atom. The standard InChI is InChI=1S/C21H21NO4/c1-4-26-20(15-8-6-5-7-9-15)19-17-12-16(13(2)23)10-11-18(17)22(14(3)24)21(19)25/h5-6,8,10-12H,4,7,9H2,1-3H3/b20-19-. The Balaban J connectivity index is 2.29. The van der Waals surface area contributed by atoms with Crippen molar-refractivity contribution >= 4 is 28.9 Å². The number of carbonyl (C=O) groups is 3. The number of hydrogen-bond donors (Lipinski definition) is 0. The molecule has 0 unspecified atom stereocenters. The van der Waals surface area contributed by atoms with Gasteiger partial charge in [0.05, 0.1) is 17.9 Å². The van der Waals surface area contributed by atoms with Crippen LogP contribution >= 0.6 is 0 Å². The Morgan fingerprint density at radius 3 is 2.58 bits per heavy atom. The Bertz CT molecular complexity index is 889. The minimum Gasteiger partial charge on any atom is -0.493 e. The van der Waals surface area contributed by atoms with Crippen LogP contribution in [0.25, 0.3) is 5.57 Å². The van der Waals surface area contributed by atoms with Crippen LogP contribution in [0.3, 0.4) is 0 Å². The van der Waals surface area contributed by atoms with Crippen molar-refractivity contribution in [3.8, 4) is 0 Å². The van der Waals surface area contributed by atoms with E-state index in [1.807, 2.05) is 19.1 Å². The molecule has 1 heterocycles. The van der Waals surface area contributed by atoms with Gasteiger partial charge in [0.1, 0.15) is 5.76 Å². The molecule has 0 aromatic heterocycles. The monoisotopic (exact) mass is 351 g/mol. The normalized spacial score (nSPS) is 17.7. The molecular weight excluding hydrogens is 330 g/mol. The molecule has 0 atom stereocenters. The molecule has 0 spiro atoms. The lowest BCUT2D eigenvalue weighted by Crippen LogP contribution is -2.31. The van der Waals surface area contributed by atoms with Crippen molar-refractivity contribution in [1.82, 2.24) is 0 Å². The third kappa shape index (κ3) is 3.01. The van der Waals surface area contributed by atoms with Crippen molar-refractivity contribution < 1.29 is 19.1 Å². The molecule has 5 heteroatoms. The van der Waals surface area contributed by atoms with E-state index in [-0.39, 0.29) is 11.7 Å². The van der Waals surface area contributed by atoms with Gasteiger partial charge < -0.3 is 4.74 Å². The summed E-state index contributed by atoms with van der Waals surface area (Å²) < 4.78 is 5.85. The molecule has 0 radical (unpaired) electrons. The van der Waals surface area contributed by atoms with Gasteiger partial charge in [0.2, 0.25) is 5.91 Å². The van der Waals surface area contributed by atoms with E-state index in [4.69, 9.17) is 4.74 Å². The summed E-state index contributed by atoms with van der Waals surface area (Å²) in [6, 6.07) is 4.96. The van der Waals surface area contributed by atoms with Crippen LogP contribution < -0.4 is 4.90 Å². The first-order valence-corrected chi connectivity index (χ1v) is 8.69. The van der Waals surface area contributed by atoms with Gasteiger partial charge in [-0.1, -0.05) is 18.2 Å². The zero-order valence-electron chi connectivity index (χ0n) is 15.2. The van der Waals surface area contributed by atoms with E-state index in [1.165, 1.54) is 13.8 Å². The predicted octanol–water partition coefficient (Wildman–Crippen LogP) is 3.81. The van der Waals surface area contributed by atoms with Gasteiger partial charge in [-0.05, 0) is 50.5 Å². The highest BCUT2D eigenvalue weighted by Gasteiger charge is 2.38. The molecular formula is C21H21NO4. The fourth-order valence-electron chi connectivity index (χ4n) is 3.28. The molecule has 1 aromatic carbocycles. The van der Waals surface area contributed by atoms with E-state index in [0.717, 1.165) is 23.3 Å². The van der Waals surface area contributed by atoms with Crippen molar-refractivity contribution in [2.75, 3.05) is 11.5 Å². The Labute approximate surface area is 152 Å². The molecule has 2 aliphatic rings. The van der Waals surface area contributed by atoms with E-state index in [2.05, 4.69) is 6.08 Å². The van der Waals surface area contributed by atoms with Crippen molar-refractivity contribution in [2.45, 2.75) is 33.6 Å². The average Bonchev–Trinajstić information content (AvgIpc) is 2.91. The minimum absolute atomic E-state index is 0.0985. The second-order valence-electron chi connectivity index (χ2n) is 6.24. The van der Waals surface area contributed by atoms with Crippen LogP contribution in [0.4, 0.5) is 5.69 Å². The van der Waals surface area contributed by atoms with Crippen LogP contribution in [0.5, 0.6) is 0 Å². The number of anilines is 1. The molecule has 26 heavy (non-hydrogen) atoms. The Morgan fingerprint density at radius 2 is 2.00 bits per heavy atom. The second kappa shape index (κ2) is 7.12. The number of rotatable bonds is 4. The van der Waals surface area contributed by atoms with Crippen LogP contribution in [-0.2, 0) is 14.3 Å². The minimum atomic E-state index is -0.410. The number of fused-ring (bicyclic) bond motifs is 1. The lowest BCUT2D eigenvalue weighted by atomic mass is 9.95. The number of benzene rings is 1. The summed E-state index contributed by atoms with van der Waals surface area (Å²) in [5, 5.41) is 0. The molecule has 3 rings (SSSR count). The summed E-state index contributed by atoms with van der Waals surface area (Å²) in [7, 11) is 0. The molecule has 0 N–H and O–H groups in total. The zero-order chi connectivity index (χ0) is 18.8. The van der Waals surface area contributed by atoms with E-state index >= 15 is 0 Å². The first-order chi connectivity index (χ1) is 12.5. The second-order valence-corrected chi connectivity index (χ2v) is 6.24. The number of nitrogens with zero attached hydrogens (tertiary/aromatic N) is 1. The number of ether oxygens (including phenoxy) is 1. The highest BCUT2D eigenvalue weighted by molar-refractivity contribution is 6.40. The SMILES string of the molecule is CCO/C(C1=CC=CCC1)=C1\C(=O)N(C(C)=O)c2ccc(C(C)=O)cc21. The van der Waals surface area contributed by atoms with Gasteiger partial charge in [0.15, 0.2) is 5.78 Å². The van der Waals surface area contributed by atoms with Crippen molar-refractivity contribution in [3.05, 3.63) is 58.9 Å². The molecule has 1 aromatic rings. The van der Waals surface area contributed by atoms with Crippen LogP contribution in [0.15, 0.2) is 47.8 Å². The number of allylic oxidation sites excluding steroid dienone is 4. The highest BCUT2D eigenvalue weighted by Crippen LogP contribution is 2.42. The fourth-order valence-corrected chi connectivity index (χ4v) is 3.28. The summed E-state index contributed by atoms with van der Waals surface area (Å²) in [5.41, 5.74) is 2.82. The van der Waals surface area contributed by atoms with Crippen molar-refractivity contribution in [1.29, 1.82) is 0 Å². The third-order valence-electron chi connectivity index (χ3n) is 4.47. The van der Waals surface area contributed by atoms with Gasteiger partial charge >= 0.3 is 0 Å². The molecule has 1 aliphatic carbocycles. The molecule has 0 saturated heterocycles. The average molecular weight is 351 g/mol. The lowest BCUT2D eigenvalue weighted by Gasteiger charge is -2.17. The largest absolute Gasteiger partial charge is 0.493 e. The zero-order valence-corrected chi connectivity index (χ0v) is 15.2. The maximum Gasteiger partial charge on any atom is 0.269 e. The van der Waals surface area contributed by atoms with E-state index < -0.39 is 5.91 Å². The number of ketones is 1. The molecule has 0 fully saturated rings. The van der Waals surface area contributed by atoms with Crippen LogP contribution in [0.1, 0.15) is 49.5 Å². The molecule has 2 amide bonds. The summed E-state index contributed by atoms with van der Waals surface area (Å²) in [5.74, 6) is -0.381. The van der Waals surface area contributed by atoms with Crippen molar-refractivity contribution in [3.63, 3.8) is 0 Å². The Kier molecular flexibility index (Phi) is 4.89. The highest BCUT2D eigenvalue weighted by atomic mass is 16.5. The number of hydrogen-bond acceptors (Lipinski definition) is 4. The van der Waals surface area contributed by atoms with Gasteiger partial charge in [-0.3, -0.25) is 14.4 Å². The topological polar surface area (TPSA) is 63.7 Å². The molecule has 1 aliphatic heterocycles. The van der Waals surface area contributed by atoms with E-state index in [1.54, 1.807) is 18.2 Å². The third-order valence-corrected chi connectivity index (χ3v) is 4.47. The molecule has 134 valence electrons. The van der Waals surface area contributed by atoms with Gasteiger partial charge in [-0.15, -0.1) is 0 Å². The summed E-state index contributed by atoms with van der Waals surface area (Å²) in [4.78, 5) is 38.1. The lowest BCUT2D eigenvalue weighted by molar-refractivity contribution is -0.122. The summed E-state index contributed by atoms with van der Waals surface area (Å²) in [6.07, 6.45) is 7.54. The quantitative estimate of drug-likeness (QED) is 0.470. The molecule has 0 saturated carbocycles. The van der Waals surface area contributed by atoms with Crippen LogP contribution in [0.2, 0.25) is 0 Å². The van der Waals surface area contributed by atoms with Crippen LogP contribution in [0, 0.1) is 0 Å². The number of carbonyl (C=O) groups excluding carboxylic acids is 3. The smallest absolute Gasteiger partial charge is 0.269 e. The molecule has 5 nitrogen and oxygen atoms in total. The number of amides is 2. The van der Waals surface area contributed by atoms with Crippen LogP contribution in [-0.4, -0.2) is 24.2 Å². The van der Waals surface area contributed by atoms with E-state index in [0.29, 0.717) is 34.8 Å². The Hall–Kier alpha value is -2.95. The van der Waals surface area contributed by atoms with Gasteiger partial charge in [0, 0.05) is 18.1 Å². The van der Waals surface area contributed by atoms with Crippen molar-refractivity contribution in [2.24, 2.45) is 0 Å². The summed E-state index contributed by atoms with van der Waals surface area (Å²) in [6.45, 7) is 5.08. The first kappa shape index (κ1) is 17.9. The molecule has 0 bridgehead atoms. The van der Waals surface area contributed by atoms with Gasteiger partial charge in [0.25, 0.3) is 5.91 Å². The number of Topliss-reactive ketones (excluding diaryl/α,β-unsaturated/α-hetero) is 1. The predicted molar refractivity (Wildman–Crippen MR) is 99.6 cm³/mol. The number of imide groups is 1. The fraction of sp³-hybridized carbons (Fsp3) is 0.286. The van der Waals surface area contributed by atoms with Gasteiger partial charge in [-0.25, -0.2) is 4.90 Å². The maximum absolute atomic E-state index is 13.1. The van der Waals surface area contributed by atoms with E-state index in [9.17, 15) is 14.4 Å². The maximum atomic E-state index is 13.1. The van der Waals surface area contributed by atoms with Gasteiger partial charge in [-0.2, -0.15) is 0 Å².